The Morgan fingerprint density at radius 3 is 2.26 bits per heavy atom. The lowest BCUT2D eigenvalue weighted by molar-refractivity contribution is -0.148. The largest absolute Gasteiger partial charge is 0.451 e. The van der Waals surface area contributed by atoms with Gasteiger partial charge in [-0.2, -0.15) is 26.3 Å². The maximum atomic E-state index is 13.7. The van der Waals surface area contributed by atoms with Crippen molar-refractivity contribution in [3.63, 3.8) is 0 Å². The van der Waals surface area contributed by atoms with E-state index in [1.165, 1.54) is 6.20 Å². The van der Waals surface area contributed by atoms with E-state index in [1.807, 2.05) is 22.6 Å². The lowest BCUT2D eigenvalue weighted by atomic mass is 10.1. The van der Waals surface area contributed by atoms with Gasteiger partial charge in [0, 0.05) is 59.1 Å². The zero-order valence-corrected chi connectivity index (χ0v) is 23.8. The summed E-state index contributed by atoms with van der Waals surface area (Å²) in [4.78, 5) is 54.1. The van der Waals surface area contributed by atoms with Gasteiger partial charge in [0.15, 0.2) is 0 Å². The first-order valence-corrected chi connectivity index (χ1v) is 13.4. The van der Waals surface area contributed by atoms with E-state index in [-0.39, 0.29) is 24.1 Å². The van der Waals surface area contributed by atoms with Crippen LogP contribution in [-0.4, -0.2) is 54.5 Å². The van der Waals surface area contributed by atoms with E-state index >= 15 is 0 Å². The van der Waals surface area contributed by atoms with Crippen molar-refractivity contribution >= 4 is 40.2 Å². The Balaban J connectivity index is 1.51. The molecular formula is C26H21F6IN6O3. The smallest absolute Gasteiger partial charge is 0.350 e. The molecule has 9 nitrogen and oxygen atoms in total. The minimum atomic E-state index is -4.86. The highest BCUT2D eigenvalue weighted by Gasteiger charge is 2.41. The van der Waals surface area contributed by atoms with E-state index in [2.05, 4.69) is 25.3 Å². The minimum Gasteiger partial charge on any atom is -0.350 e. The highest BCUT2D eigenvalue weighted by Crippen LogP contribution is 2.34. The monoisotopic (exact) mass is 706 g/mol. The van der Waals surface area contributed by atoms with Crippen molar-refractivity contribution < 1.29 is 40.7 Å². The van der Waals surface area contributed by atoms with Crippen molar-refractivity contribution in [2.75, 3.05) is 0 Å². The predicted octanol–water partition coefficient (Wildman–Crippen LogP) is 4.38. The van der Waals surface area contributed by atoms with Crippen LogP contribution in [0.5, 0.6) is 0 Å². The van der Waals surface area contributed by atoms with Crippen LogP contribution in [0.3, 0.4) is 0 Å². The Labute approximate surface area is 248 Å². The van der Waals surface area contributed by atoms with Crippen molar-refractivity contribution in [3.05, 3.63) is 69.2 Å². The molecule has 0 bridgehead atoms. The van der Waals surface area contributed by atoms with Gasteiger partial charge < -0.3 is 10.2 Å². The lowest BCUT2D eigenvalue weighted by Crippen LogP contribution is -2.50. The summed E-state index contributed by atoms with van der Waals surface area (Å²) in [6, 6.07) is 1.09. The highest BCUT2D eigenvalue weighted by molar-refractivity contribution is 14.1. The average Bonchev–Trinajstić information content (AvgIpc) is 3.31. The molecule has 0 saturated carbocycles. The van der Waals surface area contributed by atoms with Gasteiger partial charge in [0.2, 0.25) is 17.5 Å². The highest BCUT2D eigenvalue weighted by atomic mass is 127. The first-order chi connectivity index (χ1) is 19.6. The third-order valence-electron chi connectivity index (χ3n) is 6.52. The van der Waals surface area contributed by atoms with Crippen molar-refractivity contribution in [2.24, 2.45) is 0 Å². The topological polar surface area (TPSA) is 118 Å². The molecular weight excluding hydrogens is 685 g/mol. The molecule has 0 unspecified atom stereocenters. The fourth-order valence-electron chi connectivity index (χ4n) is 4.50. The van der Waals surface area contributed by atoms with Gasteiger partial charge in [-0.05, 0) is 65.6 Å². The molecule has 4 rings (SSSR count). The van der Waals surface area contributed by atoms with Crippen LogP contribution in [0.2, 0.25) is 0 Å². The zero-order chi connectivity index (χ0) is 30.8. The van der Waals surface area contributed by atoms with Crippen LogP contribution in [0.15, 0.2) is 43.1 Å². The van der Waals surface area contributed by atoms with Crippen LogP contribution in [0.4, 0.5) is 26.3 Å². The number of carbonyl (C=O) groups is 3. The number of ketones is 1. The van der Waals surface area contributed by atoms with Crippen LogP contribution in [-0.2, 0) is 39.7 Å². The summed E-state index contributed by atoms with van der Waals surface area (Å²) < 4.78 is 80.2. The molecule has 3 aromatic heterocycles. The van der Waals surface area contributed by atoms with E-state index in [0.29, 0.717) is 18.2 Å². The number of nitrogens with zero attached hydrogens (tertiary/aromatic N) is 5. The van der Waals surface area contributed by atoms with Crippen LogP contribution >= 0.6 is 22.6 Å². The second-order valence-electron chi connectivity index (χ2n) is 9.50. The molecule has 222 valence electrons. The van der Waals surface area contributed by atoms with E-state index in [4.69, 9.17) is 0 Å². The maximum Gasteiger partial charge on any atom is 0.451 e. The van der Waals surface area contributed by atoms with Gasteiger partial charge in [-0.3, -0.25) is 24.4 Å². The summed E-state index contributed by atoms with van der Waals surface area (Å²) in [5, 5.41) is 2.40. The van der Waals surface area contributed by atoms with E-state index in [9.17, 15) is 40.7 Å². The third-order valence-corrected chi connectivity index (χ3v) is 7.11. The van der Waals surface area contributed by atoms with Crippen molar-refractivity contribution in [2.45, 2.75) is 57.2 Å². The van der Waals surface area contributed by atoms with Crippen molar-refractivity contribution in [3.8, 4) is 11.3 Å². The molecule has 42 heavy (non-hydrogen) atoms. The van der Waals surface area contributed by atoms with Gasteiger partial charge in [-0.1, -0.05) is 0 Å². The molecule has 0 spiro atoms. The molecule has 2 atom stereocenters. The number of nitrogens with one attached hydrogen (secondary N) is 1. The molecule has 16 heteroatoms. The number of hydrogen-bond acceptors (Lipinski definition) is 7. The standard InChI is InChI=1S/C26H21F6IN6O3/c1-13-2-3-20(39(13)23(42)21(40)5-14-4-17(33)11-34-7-14)22(41)36-8-15-6-19(35-12-18(15)25(27,28)29)16-9-37-24(38-10-16)26(30,31)32/h4,6-7,9-13,20H,2-3,5,8H2,1H3,(H,36,41)/t13-,20-/m0/s1. The first kappa shape index (κ1) is 31.2. The summed E-state index contributed by atoms with van der Waals surface area (Å²) in [6.07, 6.45) is -4.24. The Hall–Kier alpha value is -3.70. The molecule has 0 radical (unpaired) electrons. The second-order valence-corrected chi connectivity index (χ2v) is 10.7. The van der Waals surface area contributed by atoms with Gasteiger partial charge in [-0.15, -0.1) is 0 Å². The second kappa shape index (κ2) is 12.3. The molecule has 1 N–H and O–H groups in total. The van der Waals surface area contributed by atoms with Gasteiger partial charge in [-0.25, -0.2) is 9.97 Å². The SMILES string of the molecule is C[C@H]1CC[C@@H](C(=O)NCc2cc(-c3cnc(C(F)(F)F)nc3)ncc2C(F)(F)F)N1C(=O)C(=O)Cc1cncc(I)c1. The number of rotatable bonds is 7. The Morgan fingerprint density at radius 2 is 1.64 bits per heavy atom. The maximum absolute atomic E-state index is 13.7. The van der Waals surface area contributed by atoms with Crippen molar-refractivity contribution in [1.29, 1.82) is 0 Å². The normalized spacial score (nSPS) is 17.3. The summed E-state index contributed by atoms with van der Waals surface area (Å²) in [7, 11) is 0. The predicted molar refractivity (Wildman–Crippen MR) is 142 cm³/mol. The quantitative estimate of drug-likeness (QED) is 0.220. The van der Waals surface area contributed by atoms with Crippen molar-refractivity contribution in [1.82, 2.24) is 30.2 Å². The van der Waals surface area contributed by atoms with Gasteiger partial charge in [0.1, 0.15) is 6.04 Å². The zero-order valence-electron chi connectivity index (χ0n) is 21.6. The summed E-state index contributed by atoms with van der Waals surface area (Å²) >= 11 is 2.01. The van der Waals surface area contributed by atoms with Crippen LogP contribution in [0.1, 0.15) is 42.3 Å². The fourth-order valence-corrected chi connectivity index (χ4v) is 5.07. The van der Waals surface area contributed by atoms with Gasteiger partial charge >= 0.3 is 12.4 Å². The molecule has 0 aromatic carbocycles. The van der Waals surface area contributed by atoms with E-state index in [0.717, 1.165) is 26.9 Å². The molecule has 3 aromatic rings. The Morgan fingerprint density at radius 1 is 0.952 bits per heavy atom. The van der Waals surface area contributed by atoms with Crippen LogP contribution in [0, 0.1) is 3.57 Å². The Bertz CT molecular complexity index is 1500. The lowest BCUT2D eigenvalue weighted by Gasteiger charge is -2.27. The number of pyridine rings is 2. The van der Waals surface area contributed by atoms with Gasteiger partial charge in [0.05, 0.1) is 11.3 Å². The molecule has 1 aliphatic rings. The summed E-state index contributed by atoms with van der Waals surface area (Å²) in [6.45, 7) is 1.02. The molecule has 4 heterocycles. The third kappa shape index (κ3) is 7.19. The van der Waals surface area contributed by atoms with E-state index in [1.54, 1.807) is 19.2 Å². The van der Waals surface area contributed by atoms with Gasteiger partial charge in [0.25, 0.3) is 5.91 Å². The molecule has 2 amide bonds. The number of amides is 2. The minimum absolute atomic E-state index is 0.0764. The number of hydrogen-bond donors (Lipinski definition) is 1. The molecule has 1 saturated heterocycles. The first-order valence-electron chi connectivity index (χ1n) is 12.3. The fraction of sp³-hybridized carbons (Fsp3) is 0.346. The van der Waals surface area contributed by atoms with E-state index < -0.39 is 65.5 Å². The Kier molecular flexibility index (Phi) is 9.12. The summed E-state index contributed by atoms with van der Waals surface area (Å²) in [5.74, 6) is -3.84. The number of halogens is 7. The molecule has 1 fully saturated rings. The number of Topliss-reactive ketones (excluding diaryl/α,β-unsaturated/α-hetero) is 1. The summed E-state index contributed by atoms with van der Waals surface area (Å²) in [5.41, 5.74) is -1.31. The average molecular weight is 706 g/mol. The molecule has 1 aliphatic heterocycles. The number of alkyl halides is 6. The van der Waals surface area contributed by atoms with Crippen LogP contribution in [0.25, 0.3) is 11.3 Å². The number of carbonyl (C=O) groups excluding carboxylic acids is 3. The molecule has 0 aliphatic carbocycles. The number of aromatic nitrogens is 4. The number of likely N-dealkylation sites (tertiary alicyclic amines) is 1. The van der Waals surface area contributed by atoms with Crippen LogP contribution < -0.4 is 5.32 Å².